The van der Waals surface area contributed by atoms with Gasteiger partial charge in [0.15, 0.2) is 5.76 Å². The van der Waals surface area contributed by atoms with Crippen molar-refractivity contribution in [3.05, 3.63) is 47.9 Å². The van der Waals surface area contributed by atoms with E-state index < -0.39 is 0 Å². The first-order valence-corrected chi connectivity index (χ1v) is 8.11. The first-order valence-electron chi connectivity index (χ1n) is 8.11. The highest BCUT2D eigenvalue weighted by Crippen LogP contribution is 2.27. The zero-order valence-electron chi connectivity index (χ0n) is 13.7. The molecule has 1 aromatic carbocycles. The number of furan rings is 1. The number of amides is 1. The van der Waals surface area contributed by atoms with E-state index in [9.17, 15) is 4.79 Å². The summed E-state index contributed by atoms with van der Waals surface area (Å²) in [5, 5.41) is 2.99. The molecule has 0 saturated carbocycles. The highest BCUT2D eigenvalue weighted by molar-refractivity contribution is 6.05. The standard InChI is InChI=1S/C18H23N3O2/c1-3-20-9-11-21(12-10-20)16-7-5-4-6-15(16)19-18(22)17-14(2)8-13-23-17/h4-8,13H,3,9-12H2,1-2H3,(H,19,22). The van der Waals surface area contributed by atoms with Crippen molar-refractivity contribution in [2.75, 3.05) is 42.9 Å². The first kappa shape index (κ1) is 15.6. The van der Waals surface area contributed by atoms with Crippen LogP contribution in [-0.4, -0.2) is 43.5 Å². The fraction of sp³-hybridized carbons (Fsp3) is 0.389. The quantitative estimate of drug-likeness (QED) is 0.943. The van der Waals surface area contributed by atoms with Crippen molar-refractivity contribution in [2.24, 2.45) is 0 Å². The number of anilines is 2. The summed E-state index contributed by atoms with van der Waals surface area (Å²) in [5.41, 5.74) is 2.75. The van der Waals surface area contributed by atoms with Gasteiger partial charge in [0.2, 0.25) is 0 Å². The number of benzene rings is 1. The lowest BCUT2D eigenvalue weighted by molar-refractivity contribution is 0.0996. The lowest BCUT2D eigenvalue weighted by Gasteiger charge is -2.36. The maximum Gasteiger partial charge on any atom is 0.291 e. The fourth-order valence-corrected chi connectivity index (χ4v) is 2.94. The van der Waals surface area contributed by atoms with Gasteiger partial charge in [-0.3, -0.25) is 4.79 Å². The molecule has 1 fully saturated rings. The number of likely N-dealkylation sites (N-methyl/N-ethyl adjacent to an activating group) is 1. The molecule has 0 radical (unpaired) electrons. The van der Waals surface area contributed by atoms with Crippen LogP contribution in [0.15, 0.2) is 41.0 Å². The number of hydrogen-bond donors (Lipinski definition) is 1. The van der Waals surface area contributed by atoms with Crippen molar-refractivity contribution >= 4 is 17.3 Å². The predicted octanol–water partition coefficient (Wildman–Crippen LogP) is 2.98. The van der Waals surface area contributed by atoms with E-state index >= 15 is 0 Å². The molecule has 0 bridgehead atoms. The van der Waals surface area contributed by atoms with Crippen LogP contribution in [-0.2, 0) is 0 Å². The van der Waals surface area contributed by atoms with E-state index in [1.54, 1.807) is 12.3 Å². The highest BCUT2D eigenvalue weighted by atomic mass is 16.3. The maximum absolute atomic E-state index is 12.4. The minimum absolute atomic E-state index is 0.202. The van der Waals surface area contributed by atoms with Crippen LogP contribution in [0.4, 0.5) is 11.4 Å². The minimum atomic E-state index is -0.202. The van der Waals surface area contributed by atoms with Crippen LogP contribution in [0.2, 0.25) is 0 Å². The second-order valence-electron chi connectivity index (χ2n) is 5.83. The molecule has 2 heterocycles. The largest absolute Gasteiger partial charge is 0.459 e. The summed E-state index contributed by atoms with van der Waals surface area (Å²) >= 11 is 0. The number of carbonyl (C=O) groups excluding carboxylic acids is 1. The molecular weight excluding hydrogens is 290 g/mol. The molecule has 5 nitrogen and oxygen atoms in total. The fourth-order valence-electron chi connectivity index (χ4n) is 2.94. The number of aryl methyl sites for hydroxylation is 1. The van der Waals surface area contributed by atoms with E-state index in [4.69, 9.17) is 4.42 Å². The molecule has 23 heavy (non-hydrogen) atoms. The molecule has 1 saturated heterocycles. The van der Waals surface area contributed by atoms with Crippen molar-refractivity contribution in [3.8, 4) is 0 Å². The summed E-state index contributed by atoms with van der Waals surface area (Å²) < 4.78 is 5.28. The number of rotatable bonds is 4. The molecule has 5 heteroatoms. The third-order valence-electron chi connectivity index (χ3n) is 4.38. The molecule has 0 spiro atoms. The van der Waals surface area contributed by atoms with Gasteiger partial charge in [0.25, 0.3) is 5.91 Å². The highest BCUT2D eigenvalue weighted by Gasteiger charge is 2.20. The lowest BCUT2D eigenvalue weighted by atomic mass is 10.2. The van der Waals surface area contributed by atoms with E-state index in [-0.39, 0.29) is 5.91 Å². The van der Waals surface area contributed by atoms with Crippen LogP contribution in [0.3, 0.4) is 0 Å². The summed E-state index contributed by atoms with van der Waals surface area (Å²) in [7, 11) is 0. The molecule has 1 aromatic heterocycles. The van der Waals surface area contributed by atoms with Gasteiger partial charge in [-0.2, -0.15) is 0 Å². The van der Waals surface area contributed by atoms with Crippen molar-refractivity contribution in [2.45, 2.75) is 13.8 Å². The third-order valence-corrected chi connectivity index (χ3v) is 4.38. The summed E-state index contributed by atoms with van der Waals surface area (Å²) in [6.07, 6.45) is 1.54. The molecule has 2 aromatic rings. The summed E-state index contributed by atoms with van der Waals surface area (Å²) in [5.74, 6) is 0.169. The van der Waals surface area contributed by atoms with E-state index in [0.29, 0.717) is 5.76 Å². The molecular formula is C18H23N3O2. The number of carbonyl (C=O) groups is 1. The van der Waals surface area contributed by atoms with Crippen LogP contribution in [0.5, 0.6) is 0 Å². The minimum Gasteiger partial charge on any atom is -0.459 e. The number of hydrogen-bond acceptors (Lipinski definition) is 4. The molecule has 1 aliphatic heterocycles. The molecule has 3 rings (SSSR count). The molecule has 0 aliphatic carbocycles. The number of piperazine rings is 1. The van der Waals surface area contributed by atoms with Crippen LogP contribution < -0.4 is 10.2 Å². The van der Waals surface area contributed by atoms with Crippen LogP contribution in [0.1, 0.15) is 23.0 Å². The van der Waals surface area contributed by atoms with Gasteiger partial charge in [0.05, 0.1) is 17.6 Å². The van der Waals surface area contributed by atoms with Gasteiger partial charge in [0, 0.05) is 31.7 Å². The second-order valence-corrected chi connectivity index (χ2v) is 5.83. The molecule has 0 unspecified atom stereocenters. The number of nitrogens with one attached hydrogen (secondary N) is 1. The van der Waals surface area contributed by atoms with Crippen LogP contribution >= 0.6 is 0 Å². The second kappa shape index (κ2) is 6.87. The third kappa shape index (κ3) is 3.40. The first-order chi connectivity index (χ1) is 11.2. The Balaban J connectivity index is 1.76. The van der Waals surface area contributed by atoms with E-state index in [1.165, 1.54) is 0 Å². The van der Waals surface area contributed by atoms with Crippen molar-refractivity contribution in [1.29, 1.82) is 0 Å². The Morgan fingerprint density at radius 2 is 1.91 bits per heavy atom. The Labute approximate surface area is 136 Å². The summed E-state index contributed by atoms with van der Waals surface area (Å²) in [4.78, 5) is 17.2. The maximum atomic E-state index is 12.4. The summed E-state index contributed by atoms with van der Waals surface area (Å²) in [6, 6.07) is 9.75. The van der Waals surface area contributed by atoms with Gasteiger partial charge >= 0.3 is 0 Å². The monoisotopic (exact) mass is 313 g/mol. The van der Waals surface area contributed by atoms with Gasteiger partial charge in [0.1, 0.15) is 0 Å². The van der Waals surface area contributed by atoms with Gasteiger partial charge < -0.3 is 19.5 Å². The molecule has 1 N–H and O–H groups in total. The van der Waals surface area contributed by atoms with Crippen molar-refractivity contribution in [3.63, 3.8) is 0 Å². The Morgan fingerprint density at radius 3 is 2.57 bits per heavy atom. The van der Waals surface area contributed by atoms with Crippen LogP contribution in [0.25, 0.3) is 0 Å². The molecule has 122 valence electrons. The van der Waals surface area contributed by atoms with Crippen molar-refractivity contribution < 1.29 is 9.21 Å². The predicted molar refractivity (Wildman–Crippen MR) is 92.2 cm³/mol. The Morgan fingerprint density at radius 1 is 1.17 bits per heavy atom. The Kier molecular flexibility index (Phi) is 4.67. The zero-order valence-corrected chi connectivity index (χ0v) is 13.7. The number of para-hydroxylation sites is 2. The zero-order chi connectivity index (χ0) is 16.2. The van der Waals surface area contributed by atoms with Gasteiger partial charge in [-0.05, 0) is 31.7 Å². The van der Waals surface area contributed by atoms with Gasteiger partial charge in [-0.1, -0.05) is 19.1 Å². The molecule has 1 amide bonds. The Hall–Kier alpha value is -2.27. The normalized spacial score (nSPS) is 15.7. The van der Waals surface area contributed by atoms with Crippen LogP contribution in [0, 0.1) is 6.92 Å². The van der Waals surface area contributed by atoms with E-state index in [1.807, 2.05) is 25.1 Å². The lowest BCUT2D eigenvalue weighted by Crippen LogP contribution is -2.46. The van der Waals surface area contributed by atoms with E-state index in [2.05, 4.69) is 28.1 Å². The molecule has 1 aliphatic rings. The van der Waals surface area contributed by atoms with Crippen molar-refractivity contribution in [1.82, 2.24) is 4.90 Å². The average Bonchev–Trinajstić information content (AvgIpc) is 3.02. The topological polar surface area (TPSA) is 48.7 Å². The smallest absolute Gasteiger partial charge is 0.291 e. The van der Waals surface area contributed by atoms with Gasteiger partial charge in [-0.15, -0.1) is 0 Å². The number of nitrogens with zero attached hydrogens (tertiary/aromatic N) is 2. The average molecular weight is 313 g/mol. The SMILES string of the molecule is CCN1CCN(c2ccccc2NC(=O)c2occc2C)CC1. The summed E-state index contributed by atoms with van der Waals surface area (Å²) in [6.45, 7) is 9.20. The Bertz CT molecular complexity index is 672. The molecule has 0 atom stereocenters. The van der Waals surface area contributed by atoms with Gasteiger partial charge in [-0.25, -0.2) is 0 Å². The van der Waals surface area contributed by atoms with E-state index in [0.717, 1.165) is 49.7 Å².